The molecule has 0 saturated carbocycles. The molecule has 1 aromatic heterocycles. The maximum Gasteiger partial charge on any atom is 0.0725 e. The van der Waals surface area contributed by atoms with Crippen molar-refractivity contribution in [3.8, 4) is 27.9 Å². The number of hydrogen-bond acceptors (Lipinski definition) is 1. The Balaban J connectivity index is 1.22. The minimum Gasteiger partial charge on any atom is -0.309 e. The summed E-state index contributed by atoms with van der Waals surface area (Å²) < 4.78 is 52.4. The highest BCUT2D eigenvalue weighted by atomic mass is 15.1. The maximum atomic E-state index is 10.5. The molecule has 2 nitrogen and oxygen atoms in total. The van der Waals surface area contributed by atoms with E-state index in [2.05, 4.69) is 108 Å². The number of aromatic nitrogens is 1. The molecule has 0 N–H and O–H groups in total. The van der Waals surface area contributed by atoms with Gasteiger partial charge < -0.3 is 9.47 Å². The fraction of sp³-hybridized carbons (Fsp3) is 0.0175. The first kappa shape index (κ1) is 27.8. The van der Waals surface area contributed by atoms with Crippen molar-refractivity contribution in [1.29, 1.82) is 0 Å². The van der Waals surface area contributed by atoms with Crippen LogP contribution in [-0.4, -0.2) is 4.57 Å². The van der Waals surface area contributed by atoms with E-state index >= 15 is 0 Å². The van der Waals surface area contributed by atoms with E-state index in [4.69, 9.17) is 0 Å². The van der Waals surface area contributed by atoms with E-state index < -0.39 is 5.41 Å². The molecular formula is C57H36N2. The number of para-hydroxylation sites is 2. The van der Waals surface area contributed by atoms with E-state index in [1.54, 1.807) is 0 Å². The molecule has 0 aliphatic heterocycles. The second-order valence-corrected chi connectivity index (χ2v) is 15.6. The van der Waals surface area contributed by atoms with Crippen molar-refractivity contribution in [3.05, 3.63) is 241 Å². The van der Waals surface area contributed by atoms with E-state index in [1.807, 2.05) is 89.8 Å². The Hall–Kier alpha value is -7.68. The molecule has 1 spiro atoms. The third-order valence-electron chi connectivity index (χ3n) is 12.8. The Morgan fingerprint density at radius 1 is 0.407 bits per heavy atom. The molecule has 2 aliphatic rings. The summed E-state index contributed by atoms with van der Waals surface area (Å²) in [5.74, 6) is 0. The lowest BCUT2D eigenvalue weighted by Crippen LogP contribution is -2.32. The van der Waals surface area contributed by atoms with Crippen molar-refractivity contribution in [2.24, 2.45) is 0 Å². The summed E-state index contributed by atoms with van der Waals surface area (Å²) in [5, 5.41) is 4.95. The van der Waals surface area contributed by atoms with Crippen molar-refractivity contribution < 1.29 is 6.85 Å². The Bertz CT molecular complexity index is 3760. The summed E-state index contributed by atoms with van der Waals surface area (Å²) in [7, 11) is 0. The predicted molar refractivity (Wildman–Crippen MR) is 247 cm³/mol. The van der Waals surface area contributed by atoms with Gasteiger partial charge in [0.05, 0.1) is 34.7 Å². The number of anilines is 3. The highest BCUT2D eigenvalue weighted by Crippen LogP contribution is 2.62. The molecule has 0 unspecified atom stereocenters. The molecule has 0 bridgehead atoms. The summed E-state index contributed by atoms with van der Waals surface area (Å²) in [4.78, 5) is 2.05. The van der Waals surface area contributed by atoms with Crippen LogP contribution in [0.1, 0.15) is 29.1 Å². The van der Waals surface area contributed by atoms with Crippen LogP contribution >= 0.6 is 0 Å². The first-order valence-electron chi connectivity index (χ1n) is 22.6. The average molecular weight is 754 g/mol. The summed E-state index contributed by atoms with van der Waals surface area (Å²) >= 11 is 0. The highest BCUT2D eigenvalue weighted by Gasteiger charge is 2.50. The molecule has 2 aliphatic carbocycles. The van der Waals surface area contributed by atoms with Crippen LogP contribution in [0.3, 0.4) is 0 Å². The van der Waals surface area contributed by atoms with Crippen LogP contribution in [0.2, 0.25) is 0 Å². The Kier molecular flexibility index (Phi) is 5.74. The van der Waals surface area contributed by atoms with Gasteiger partial charge in [0.1, 0.15) is 0 Å². The second-order valence-electron chi connectivity index (χ2n) is 15.6. The minimum atomic E-state index is -1.04. The number of benzene rings is 10. The molecule has 13 rings (SSSR count). The first-order valence-corrected chi connectivity index (χ1v) is 20.1. The Morgan fingerprint density at radius 3 is 1.78 bits per heavy atom. The lowest BCUT2D eigenvalue weighted by molar-refractivity contribution is 0.773. The zero-order valence-corrected chi connectivity index (χ0v) is 31.8. The molecule has 1 heterocycles. The molecule has 2 heteroatoms. The first-order chi connectivity index (χ1) is 31.4. The van der Waals surface area contributed by atoms with Crippen molar-refractivity contribution in [1.82, 2.24) is 4.57 Å². The van der Waals surface area contributed by atoms with Crippen LogP contribution < -0.4 is 4.90 Å². The number of fused-ring (bicyclic) bond motifs is 13. The Labute approximate surface area is 349 Å². The third-order valence-corrected chi connectivity index (χ3v) is 12.8. The summed E-state index contributed by atoms with van der Waals surface area (Å²) in [6.07, 6.45) is 0. The molecule has 0 atom stereocenters. The molecule has 0 amide bonds. The lowest BCUT2D eigenvalue weighted by atomic mass is 9.61. The summed E-state index contributed by atoms with van der Waals surface area (Å²) in [6.45, 7) is 0. The van der Waals surface area contributed by atoms with Crippen LogP contribution in [0.4, 0.5) is 17.1 Å². The van der Waals surface area contributed by atoms with Crippen molar-refractivity contribution in [3.63, 3.8) is 0 Å². The molecule has 0 fully saturated rings. The molecular weight excluding hydrogens is 713 g/mol. The fourth-order valence-electron chi connectivity index (χ4n) is 10.4. The molecule has 10 aromatic carbocycles. The van der Waals surface area contributed by atoms with E-state index in [1.165, 1.54) is 0 Å². The molecule has 0 saturated heterocycles. The highest BCUT2D eigenvalue weighted by molar-refractivity contribution is 6.15. The van der Waals surface area contributed by atoms with E-state index in [-0.39, 0.29) is 30.2 Å². The molecule has 59 heavy (non-hydrogen) atoms. The molecule has 11 aromatic rings. The predicted octanol–water partition coefficient (Wildman–Crippen LogP) is 14.9. The SMILES string of the molecule is [2H]c1c([2H])c2c3c(c([2H])c([2H])c(N(c4ccc5c(c4)c4ccccc4n5-c4ccccc4)c4cccc5ccccc45)c3c1[2H])C1(c3ccccc3-c3ccccc31)c1ccccc1-2. The van der Waals surface area contributed by atoms with Gasteiger partial charge in [-0.3, -0.25) is 0 Å². The normalized spacial score (nSPS) is 14.4. The Morgan fingerprint density at radius 2 is 1.02 bits per heavy atom. The lowest BCUT2D eigenvalue weighted by Gasteiger charge is -2.40. The number of nitrogens with zero attached hydrogens (tertiary/aromatic N) is 2. The van der Waals surface area contributed by atoms with Crippen molar-refractivity contribution >= 4 is 60.4 Å². The number of rotatable bonds is 4. The average Bonchev–Trinajstić information content (AvgIpc) is 3.83. The van der Waals surface area contributed by atoms with Gasteiger partial charge in [-0.2, -0.15) is 0 Å². The van der Waals surface area contributed by atoms with E-state index in [9.17, 15) is 6.85 Å². The van der Waals surface area contributed by atoms with Gasteiger partial charge in [0, 0.05) is 32.9 Å². The van der Waals surface area contributed by atoms with E-state index in [0.717, 1.165) is 83.0 Å². The van der Waals surface area contributed by atoms with Gasteiger partial charge in [0.15, 0.2) is 0 Å². The van der Waals surface area contributed by atoms with Crippen LogP contribution in [0.25, 0.3) is 71.3 Å². The zero-order chi connectivity index (χ0) is 43.0. The van der Waals surface area contributed by atoms with Crippen LogP contribution in [0.15, 0.2) is 218 Å². The van der Waals surface area contributed by atoms with Gasteiger partial charge in [-0.15, -0.1) is 0 Å². The maximum absolute atomic E-state index is 10.5. The largest absolute Gasteiger partial charge is 0.309 e. The third kappa shape index (κ3) is 4.30. The van der Waals surface area contributed by atoms with Gasteiger partial charge in [-0.05, 0) is 104 Å². The monoisotopic (exact) mass is 753 g/mol. The van der Waals surface area contributed by atoms with Crippen LogP contribution in [0, 0.1) is 0 Å². The summed E-state index contributed by atoms with van der Waals surface area (Å²) in [5.41, 5.74) is 10.8. The molecule has 274 valence electrons. The quantitative estimate of drug-likeness (QED) is 0.174. The summed E-state index contributed by atoms with van der Waals surface area (Å²) in [6, 6.07) is 63.7. The van der Waals surface area contributed by atoms with Gasteiger partial charge >= 0.3 is 0 Å². The van der Waals surface area contributed by atoms with Crippen LogP contribution in [-0.2, 0) is 5.41 Å². The van der Waals surface area contributed by atoms with E-state index in [0.29, 0.717) is 27.6 Å². The topological polar surface area (TPSA) is 8.17 Å². The van der Waals surface area contributed by atoms with Crippen LogP contribution in [0.5, 0.6) is 0 Å². The van der Waals surface area contributed by atoms with Crippen molar-refractivity contribution in [2.45, 2.75) is 5.41 Å². The van der Waals surface area contributed by atoms with Crippen molar-refractivity contribution in [2.75, 3.05) is 4.90 Å². The minimum absolute atomic E-state index is 0.0216. The smallest absolute Gasteiger partial charge is 0.0725 e. The number of hydrogen-bond donors (Lipinski definition) is 0. The fourth-order valence-corrected chi connectivity index (χ4v) is 10.4. The van der Waals surface area contributed by atoms with Gasteiger partial charge in [0.25, 0.3) is 0 Å². The molecule has 0 radical (unpaired) electrons. The standard InChI is InChI=1S/C57H36N2/c1-2-18-38(19-3-1)58-53-30-13-9-24-44(53)47-36-39(32-34-55(47)58)59(52-31-14-17-37-16-4-5-20-40(37)52)54-35-33-51-56-45(25-15-26-46(54)56)43-23-8-12-29-50(43)57(51)48-27-10-6-21-41(48)42-22-7-11-28-49(42)57/h1-36H/i15D,25D,26D,33D,35D. The second kappa shape index (κ2) is 12.2. The zero-order valence-electron chi connectivity index (χ0n) is 36.8. The van der Waals surface area contributed by atoms with Gasteiger partial charge in [-0.1, -0.05) is 170 Å². The van der Waals surface area contributed by atoms with Gasteiger partial charge in [0.2, 0.25) is 0 Å². The van der Waals surface area contributed by atoms with Gasteiger partial charge in [-0.25, -0.2) is 0 Å².